The van der Waals surface area contributed by atoms with E-state index in [4.69, 9.17) is 17.3 Å². The van der Waals surface area contributed by atoms with Gasteiger partial charge in [0.25, 0.3) is 0 Å². The molecule has 0 saturated heterocycles. The lowest BCUT2D eigenvalue weighted by Crippen LogP contribution is -2.02. The van der Waals surface area contributed by atoms with Crippen molar-refractivity contribution >= 4 is 17.4 Å². The molecule has 0 aliphatic carbocycles. The Labute approximate surface area is 99.8 Å². The molecule has 0 fully saturated rings. The van der Waals surface area contributed by atoms with E-state index in [0.717, 1.165) is 28.4 Å². The number of aromatic nitrogens is 2. The van der Waals surface area contributed by atoms with Crippen molar-refractivity contribution in [1.82, 2.24) is 9.78 Å². The van der Waals surface area contributed by atoms with Crippen LogP contribution in [-0.2, 0) is 6.42 Å². The summed E-state index contributed by atoms with van der Waals surface area (Å²) in [5.41, 5.74) is 8.82. The molecular weight excluding hydrogens is 222 g/mol. The maximum atomic E-state index is 6.07. The summed E-state index contributed by atoms with van der Waals surface area (Å²) in [6, 6.07) is 7.68. The molecule has 4 heteroatoms. The number of benzene rings is 1. The minimum absolute atomic E-state index is 0.636. The highest BCUT2D eigenvalue weighted by Gasteiger charge is 2.06. The number of halogens is 1. The van der Waals surface area contributed by atoms with Gasteiger partial charge in [0.15, 0.2) is 0 Å². The lowest BCUT2D eigenvalue weighted by atomic mass is 10.2. The second-order valence-electron chi connectivity index (χ2n) is 3.76. The van der Waals surface area contributed by atoms with Crippen molar-refractivity contribution in [3.63, 3.8) is 0 Å². The third-order valence-corrected chi connectivity index (χ3v) is 2.96. The summed E-state index contributed by atoms with van der Waals surface area (Å²) < 4.78 is 1.71. The van der Waals surface area contributed by atoms with Crippen molar-refractivity contribution in [2.45, 2.75) is 20.3 Å². The van der Waals surface area contributed by atoms with E-state index in [-0.39, 0.29) is 0 Å². The smallest absolute Gasteiger partial charge is 0.127 e. The van der Waals surface area contributed by atoms with Gasteiger partial charge < -0.3 is 5.73 Å². The molecule has 0 atom stereocenters. The van der Waals surface area contributed by atoms with Crippen molar-refractivity contribution in [3.8, 4) is 5.69 Å². The van der Waals surface area contributed by atoms with Gasteiger partial charge in [-0.2, -0.15) is 5.10 Å². The zero-order valence-electron chi connectivity index (χ0n) is 9.37. The van der Waals surface area contributed by atoms with E-state index in [0.29, 0.717) is 5.82 Å². The van der Waals surface area contributed by atoms with Crippen molar-refractivity contribution in [1.29, 1.82) is 0 Å². The van der Waals surface area contributed by atoms with Gasteiger partial charge in [-0.1, -0.05) is 24.6 Å². The van der Waals surface area contributed by atoms with Gasteiger partial charge in [-0.3, -0.25) is 0 Å². The lowest BCUT2D eigenvalue weighted by Gasteiger charge is -2.05. The zero-order valence-corrected chi connectivity index (χ0v) is 10.1. The fraction of sp³-hybridized carbons (Fsp3) is 0.250. The second kappa shape index (κ2) is 4.18. The zero-order chi connectivity index (χ0) is 11.7. The summed E-state index contributed by atoms with van der Waals surface area (Å²) >= 11 is 6.07. The fourth-order valence-corrected chi connectivity index (χ4v) is 1.71. The summed E-state index contributed by atoms with van der Waals surface area (Å²) in [5, 5.41) is 5.13. The van der Waals surface area contributed by atoms with Crippen LogP contribution < -0.4 is 5.73 Å². The number of aryl methyl sites for hydroxylation is 2. The first-order valence-corrected chi connectivity index (χ1v) is 5.60. The van der Waals surface area contributed by atoms with E-state index < -0.39 is 0 Å². The SMILES string of the molecule is CCc1cc(N)n(-c2ccc(C)c(Cl)c2)n1. The minimum atomic E-state index is 0.636. The van der Waals surface area contributed by atoms with E-state index in [1.807, 2.05) is 38.1 Å². The summed E-state index contributed by atoms with van der Waals surface area (Å²) in [4.78, 5) is 0. The highest BCUT2D eigenvalue weighted by atomic mass is 35.5. The van der Waals surface area contributed by atoms with Crippen LogP contribution in [0.3, 0.4) is 0 Å². The van der Waals surface area contributed by atoms with Gasteiger partial charge in [-0.15, -0.1) is 0 Å². The molecule has 3 nitrogen and oxygen atoms in total. The highest BCUT2D eigenvalue weighted by Crippen LogP contribution is 2.21. The molecule has 0 unspecified atom stereocenters. The highest BCUT2D eigenvalue weighted by molar-refractivity contribution is 6.31. The average molecular weight is 236 g/mol. The molecule has 1 heterocycles. The van der Waals surface area contributed by atoms with Gasteiger partial charge in [0.1, 0.15) is 5.82 Å². The van der Waals surface area contributed by atoms with Crippen LogP contribution in [0, 0.1) is 6.92 Å². The minimum Gasteiger partial charge on any atom is -0.384 e. The summed E-state index contributed by atoms with van der Waals surface area (Å²) in [6.07, 6.45) is 0.872. The molecule has 0 spiro atoms. The topological polar surface area (TPSA) is 43.8 Å². The van der Waals surface area contributed by atoms with Crippen molar-refractivity contribution in [2.24, 2.45) is 0 Å². The molecule has 0 radical (unpaired) electrons. The van der Waals surface area contributed by atoms with Crippen LogP contribution in [-0.4, -0.2) is 9.78 Å². The predicted molar refractivity (Wildman–Crippen MR) is 67.1 cm³/mol. The molecule has 2 rings (SSSR count). The molecule has 1 aromatic heterocycles. The third kappa shape index (κ3) is 1.91. The Morgan fingerprint density at radius 1 is 1.38 bits per heavy atom. The standard InChI is InChI=1S/C12H14ClN3/c1-3-9-6-12(14)16(15-9)10-5-4-8(2)11(13)7-10/h4-7H,3,14H2,1-2H3. The van der Waals surface area contributed by atoms with Crippen LogP contribution in [0.2, 0.25) is 5.02 Å². The van der Waals surface area contributed by atoms with Crippen LogP contribution >= 0.6 is 11.6 Å². The number of hydrogen-bond donors (Lipinski definition) is 1. The molecule has 0 bridgehead atoms. The van der Waals surface area contributed by atoms with Crippen molar-refractivity contribution in [2.75, 3.05) is 5.73 Å². The number of nitrogen functional groups attached to an aromatic ring is 1. The van der Waals surface area contributed by atoms with E-state index in [1.165, 1.54) is 0 Å². The molecule has 16 heavy (non-hydrogen) atoms. The molecule has 1 aromatic carbocycles. The third-order valence-electron chi connectivity index (χ3n) is 2.55. The maximum Gasteiger partial charge on any atom is 0.127 e. The normalized spacial score (nSPS) is 10.7. The fourth-order valence-electron chi connectivity index (χ4n) is 1.54. The van der Waals surface area contributed by atoms with Crippen LogP contribution in [0.25, 0.3) is 5.69 Å². The summed E-state index contributed by atoms with van der Waals surface area (Å²) in [7, 11) is 0. The van der Waals surface area contributed by atoms with Gasteiger partial charge in [-0.25, -0.2) is 4.68 Å². The second-order valence-corrected chi connectivity index (χ2v) is 4.17. The first-order chi connectivity index (χ1) is 7.61. The number of nitrogens with zero attached hydrogens (tertiary/aromatic N) is 2. The first kappa shape index (κ1) is 11.0. The number of hydrogen-bond acceptors (Lipinski definition) is 2. The van der Waals surface area contributed by atoms with Gasteiger partial charge >= 0.3 is 0 Å². The van der Waals surface area contributed by atoms with Gasteiger partial charge in [0.05, 0.1) is 11.4 Å². The molecule has 2 aromatic rings. The van der Waals surface area contributed by atoms with E-state index in [1.54, 1.807) is 4.68 Å². The van der Waals surface area contributed by atoms with Crippen molar-refractivity contribution < 1.29 is 0 Å². The van der Waals surface area contributed by atoms with Gasteiger partial charge in [-0.05, 0) is 31.0 Å². The molecule has 2 N–H and O–H groups in total. The molecular formula is C12H14ClN3. The Hall–Kier alpha value is -1.48. The number of rotatable bonds is 2. The summed E-state index contributed by atoms with van der Waals surface area (Å²) in [5.74, 6) is 0.636. The van der Waals surface area contributed by atoms with E-state index in [2.05, 4.69) is 5.10 Å². The van der Waals surface area contributed by atoms with Crippen LogP contribution in [0.1, 0.15) is 18.2 Å². The number of nitrogens with two attached hydrogens (primary N) is 1. The Morgan fingerprint density at radius 2 is 2.12 bits per heavy atom. The average Bonchev–Trinajstić information content (AvgIpc) is 2.64. The molecule has 0 amide bonds. The Bertz CT molecular complexity index is 517. The molecule has 0 saturated carbocycles. The lowest BCUT2D eigenvalue weighted by molar-refractivity contribution is 0.849. The molecule has 0 aliphatic rings. The Kier molecular flexibility index (Phi) is 2.88. The van der Waals surface area contributed by atoms with Gasteiger partial charge in [0, 0.05) is 11.1 Å². The van der Waals surface area contributed by atoms with Crippen LogP contribution in [0.5, 0.6) is 0 Å². The van der Waals surface area contributed by atoms with E-state index >= 15 is 0 Å². The predicted octanol–water partition coefficient (Wildman–Crippen LogP) is 2.98. The molecule has 0 aliphatic heterocycles. The monoisotopic (exact) mass is 235 g/mol. The Morgan fingerprint density at radius 3 is 2.69 bits per heavy atom. The summed E-state index contributed by atoms with van der Waals surface area (Å²) in [6.45, 7) is 4.02. The maximum absolute atomic E-state index is 6.07. The Balaban J connectivity index is 2.49. The van der Waals surface area contributed by atoms with E-state index in [9.17, 15) is 0 Å². The van der Waals surface area contributed by atoms with Gasteiger partial charge in [0.2, 0.25) is 0 Å². The first-order valence-electron chi connectivity index (χ1n) is 5.22. The van der Waals surface area contributed by atoms with Crippen LogP contribution in [0.4, 0.5) is 5.82 Å². The molecule has 84 valence electrons. The number of anilines is 1. The largest absolute Gasteiger partial charge is 0.384 e. The quantitative estimate of drug-likeness (QED) is 0.870. The van der Waals surface area contributed by atoms with Crippen LogP contribution in [0.15, 0.2) is 24.3 Å². The van der Waals surface area contributed by atoms with Crippen molar-refractivity contribution in [3.05, 3.63) is 40.5 Å².